The van der Waals surface area contributed by atoms with Gasteiger partial charge in [-0.3, -0.25) is 9.69 Å². The predicted molar refractivity (Wildman–Crippen MR) is 73.5 cm³/mol. The lowest BCUT2D eigenvalue weighted by Crippen LogP contribution is -2.51. The highest BCUT2D eigenvalue weighted by molar-refractivity contribution is 5.79. The predicted octanol–water partition coefficient (Wildman–Crippen LogP) is 0.623. The van der Waals surface area contributed by atoms with E-state index in [4.69, 9.17) is 0 Å². The van der Waals surface area contributed by atoms with Crippen LogP contribution in [0, 0.1) is 11.3 Å². The van der Waals surface area contributed by atoms with Gasteiger partial charge in [0.2, 0.25) is 5.91 Å². The molecule has 0 aromatic rings. The van der Waals surface area contributed by atoms with Gasteiger partial charge in [0.05, 0.1) is 12.6 Å². The van der Waals surface area contributed by atoms with E-state index in [0.29, 0.717) is 12.6 Å². The van der Waals surface area contributed by atoms with Crippen LogP contribution in [0.3, 0.4) is 0 Å². The standard InChI is InChI=1S/C14H24N4O/c1-2-18(12-5-8-16-9-12)10-13(19)17-14(11-15)6-3-4-7-14/h12,16H,2-10H2,1H3,(H,17,19). The summed E-state index contributed by atoms with van der Waals surface area (Å²) in [5.41, 5.74) is -0.593. The van der Waals surface area contributed by atoms with Crippen molar-refractivity contribution < 1.29 is 4.79 Å². The van der Waals surface area contributed by atoms with Gasteiger partial charge in [-0.05, 0) is 45.2 Å². The molecule has 1 saturated heterocycles. The lowest BCUT2D eigenvalue weighted by atomic mass is 10.00. The zero-order valence-corrected chi connectivity index (χ0v) is 11.7. The first-order chi connectivity index (χ1) is 9.19. The summed E-state index contributed by atoms with van der Waals surface area (Å²) in [6.07, 6.45) is 4.78. The summed E-state index contributed by atoms with van der Waals surface area (Å²) in [6.45, 7) is 5.36. The molecule has 1 aliphatic heterocycles. The maximum Gasteiger partial charge on any atom is 0.235 e. The molecule has 0 aromatic heterocycles. The molecular weight excluding hydrogens is 240 g/mol. The Kier molecular flexibility index (Phi) is 4.78. The monoisotopic (exact) mass is 264 g/mol. The number of hydrogen-bond acceptors (Lipinski definition) is 4. The van der Waals surface area contributed by atoms with Gasteiger partial charge in [0.25, 0.3) is 0 Å². The molecule has 0 radical (unpaired) electrons. The highest BCUT2D eigenvalue weighted by Gasteiger charge is 2.36. The Balaban J connectivity index is 1.87. The first-order valence-corrected chi connectivity index (χ1v) is 7.36. The molecular formula is C14H24N4O. The zero-order chi connectivity index (χ0) is 13.7. The molecule has 2 rings (SSSR count). The molecule has 1 atom stereocenters. The van der Waals surface area contributed by atoms with E-state index >= 15 is 0 Å². The molecule has 5 nitrogen and oxygen atoms in total. The second-order valence-electron chi connectivity index (χ2n) is 5.66. The molecule has 0 bridgehead atoms. The number of carbonyl (C=O) groups is 1. The number of hydrogen-bond donors (Lipinski definition) is 2. The second kappa shape index (κ2) is 6.36. The number of rotatable bonds is 5. The van der Waals surface area contributed by atoms with Gasteiger partial charge in [0.1, 0.15) is 5.54 Å². The summed E-state index contributed by atoms with van der Waals surface area (Å²) in [5.74, 6) is -0.00259. The van der Waals surface area contributed by atoms with E-state index in [0.717, 1.165) is 51.7 Å². The number of nitriles is 1. The SMILES string of the molecule is CCN(CC(=O)NC1(C#N)CCCC1)C1CCNC1. The first kappa shape index (κ1) is 14.3. The van der Waals surface area contributed by atoms with E-state index in [-0.39, 0.29) is 5.91 Å². The molecule has 1 aliphatic carbocycles. The van der Waals surface area contributed by atoms with Crippen molar-refractivity contribution in [1.29, 1.82) is 5.26 Å². The van der Waals surface area contributed by atoms with E-state index in [9.17, 15) is 10.1 Å². The van der Waals surface area contributed by atoms with Crippen LogP contribution in [-0.2, 0) is 4.79 Å². The second-order valence-corrected chi connectivity index (χ2v) is 5.66. The average molecular weight is 264 g/mol. The minimum absolute atomic E-state index is 0.00259. The van der Waals surface area contributed by atoms with Crippen molar-refractivity contribution in [2.24, 2.45) is 0 Å². The van der Waals surface area contributed by atoms with E-state index in [1.165, 1.54) is 0 Å². The van der Waals surface area contributed by atoms with Gasteiger partial charge < -0.3 is 10.6 Å². The van der Waals surface area contributed by atoms with Crippen LogP contribution in [0.2, 0.25) is 0 Å². The van der Waals surface area contributed by atoms with E-state index < -0.39 is 5.54 Å². The lowest BCUT2D eigenvalue weighted by molar-refractivity contribution is -0.124. The Labute approximate surface area is 115 Å². The van der Waals surface area contributed by atoms with Gasteiger partial charge >= 0.3 is 0 Å². The summed E-state index contributed by atoms with van der Waals surface area (Å²) in [6, 6.07) is 2.76. The van der Waals surface area contributed by atoms with Crippen molar-refractivity contribution >= 4 is 5.91 Å². The molecule has 2 fully saturated rings. The quantitative estimate of drug-likeness (QED) is 0.764. The molecule has 1 amide bonds. The Morgan fingerprint density at radius 2 is 2.26 bits per heavy atom. The zero-order valence-electron chi connectivity index (χ0n) is 11.7. The number of carbonyl (C=O) groups excluding carboxylic acids is 1. The molecule has 1 heterocycles. The van der Waals surface area contributed by atoms with Crippen molar-refractivity contribution in [3.63, 3.8) is 0 Å². The summed E-state index contributed by atoms with van der Waals surface area (Å²) in [5, 5.41) is 15.6. The van der Waals surface area contributed by atoms with Crippen molar-refractivity contribution in [3.8, 4) is 6.07 Å². The van der Waals surface area contributed by atoms with Crippen molar-refractivity contribution in [1.82, 2.24) is 15.5 Å². The smallest absolute Gasteiger partial charge is 0.235 e. The Morgan fingerprint density at radius 3 is 2.79 bits per heavy atom. The van der Waals surface area contributed by atoms with Crippen molar-refractivity contribution in [2.45, 2.75) is 50.6 Å². The van der Waals surface area contributed by atoms with Crippen LogP contribution in [0.15, 0.2) is 0 Å². The van der Waals surface area contributed by atoms with Crippen LogP contribution in [0.1, 0.15) is 39.0 Å². The van der Waals surface area contributed by atoms with Gasteiger partial charge in [-0.1, -0.05) is 6.92 Å². The van der Waals surface area contributed by atoms with Crippen LogP contribution < -0.4 is 10.6 Å². The first-order valence-electron chi connectivity index (χ1n) is 7.36. The van der Waals surface area contributed by atoms with Crippen LogP contribution in [-0.4, -0.2) is 48.6 Å². The van der Waals surface area contributed by atoms with Crippen LogP contribution >= 0.6 is 0 Å². The molecule has 106 valence electrons. The molecule has 5 heteroatoms. The Morgan fingerprint density at radius 1 is 1.53 bits per heavy atom. The topological polar surface area (TPSA) is 68.2 Å². The van der Waals surface area contributed by atoms with E-state index in [1.807, 2.05) is 0 Å². The fourth-order valence-electron chi connectivity index (χ4n) is 3.18. The van der Waals surface area contributed by atoms with Crippen LogP contribution in [0.25, 0.3) is 0 Å². The van der Waals surface area contributed by atoms with E-state index in [1.54, 1.807) is 0 Å². The summed E-state index contributed by atoms with van der Waals surface area (Å²) in [4.78, 5) is 14.4. The Hall–Kier alpha value is -1.12. The number of amides is 1. The third-order valence-electron chi connectivity index (χ3n) is 4.35. The average Bonchev–Trinajstić information content (AvgIpc) is 3.07. The van der Waals surface area contributed by atoms with Gasteiger partial charge in [-0.2, -0.15) is 5.26 Å². The number of nitrogens with one attached hydrogen (secondary N) is 2. The van der Waals surface area contributed by atoms with Gasteiger partial charge in [-0.25, -0.2) is 0 Å². The molecule has 2 N–H and O–H groups in total. The van der Waals surface area contributed by atoms with Gasteiger partial charge in [-0.15, -0.1) is 0 Å². The van der Waals surface area contributed by atoms with Crippen LogP contribution in [0.4, 0.5) is 0 Å². The fraction of sp³-hybridized carbons (Fsp3) is 0.857. The fourth-order valence-corrected chi connectivity index (χ4v) is 3.18. The molecule has 0 aromatic carbocycles. The largest absolute Gasteiger partial charge is 0.337 e. The van der Waals surface area contributed by atoms with Crippen LogP contribution in [0.5, 0.6) is 0 Å². The maximum atomic E-state index is 12.2. The van der Waals surface area contributed by atoms with E-state index in [2.05, 4.69) is 28.5 Å². The Bertz CT molecular complexity index is 351. The molecule has 2 aliphatic rings. The summed E-state index contributed by atoms with van der Waals surface area (Å²) >= 11 is 0. The highest BCUT2D eigenvalue weighted by Crippen LogP contribution is 2.28. The minimum atomic E-state index is -0.593. The third-order valence-corrected chi connectivity index (χ3v) is 4.35. The molecule has 0 spiro atoms. The number of nitrogens with zero attached hydrogens (tertiary/aromatic N) is 2. The summed E-state index contributed by atoms with van der Waals surface area (Å²) < 4.78 is 0. The van der Waals surface area contributed by atoms with Crippen molar-refractivity contribution in [2.75, 3.05) is 26.2 Å². The maximum absolute atomic E-state index is 12.2. The molecule has 19 heavy (non-hydrogen) atoms. The molecule has 1 saturated carbocycles. The van der Waals surface area contributed by atoms with Gasteiger partial charge in [0.15, 0.2) is 0 Å². The van der Waals surface area contributed by atoms with Crippen molar-refractivity contribution in [3.05, 3.63) is 0 Å². The minimum Gasteiger partial charge on any atom is -0.337 e. The normalized spacial score (nSPS) is 25.4. The number of likely N-dealkylation sites (N-methyl/N-ethyl adjacent to an activating group) is 1. The van der Waals surface area contributed by atoms with Gasteiger partial charge in [0, 0.05) is 12.6 Å². The third kappa shape index (κ3) is 3.46. The summed E-state index contributed by atoms with van der Waals surface area (Å²) in [7, 11) is 0. The highest BCUT2D eigenvalue weighted by atomic mass is 16.2. The molecule has 1 unspecified atom stereocenters. The lowest BCUT2D eigenvalue weighted by Gasteiger charge is -2.28.